The van der Waals surface area contributed by atoms with Crippen molar-refractivity contribution in [3.8, 4) is 5.75 Å². The number of carboxylic acids is 1. The first-order chi connectivity index (χ1) is 14.8. The number of nitrogens with zero attached hydrogens (tertiary/aromatic N) is 1. The lowest BCUT2D eigenvalue weighted by Gasteiger charge is -2.25. The average molecular weight is 421 g/mol. The second-order valence-electron chi connectivity index (χ2n) is 7.83. The molecule has 0 unspecified atom stereocenters. The standard InChI is InChI=1S/C25H28N2O4/c1-4-25(5-2,24(29)30)15-23(28)27-19-7-6-8-21(14-19)31-16-20-11-10-18-13-17(3)9-12-22(18)26-20/h6-14H,4-5,15-16H2,1-3H3,(H,27,28)(H,29,30). The third-order valence-corrected chi connectivity index (χ3v) is 5.71. The zero-order valence-electron chi connectivity index (χ0n) is 18.1. The Labute approximate surface area is 182 Å². The highest BCUT2D eigenvalue weighted by Crippen LogP contribution is 2.31. The minimum Gasteiger partial charge on any atom is -0.487 e. The van der Waals surface area contributed by atoms with Crippen LogP contribution in [0, 0.1) is 12.3 Å². The smallest absolute Gasteiger partial charge is 0.310 e. The zero-order chi connectivity index (χ0) is 22.4. The van der Waals surface area contributed by atoms with Gasteiger partial charge in [0.2, 0.25) is 5.91 Å². The van der Waals surface area contributed by atoms with Gasteiger partial charge >= 0.3 is 5.97 Å². The van der Waals surface area contributed by atoms with Gasteiger partial charge in [-0.3, -0.25) is 9.59 Å². The molecule has 3 rings (SSSR count). The average Bonchev–Trinajstić information content (AvgIpc) is 2.76. The van der Waals surface area contributed by atoms with Crippen molar-refractivity contribution < 1.29 is 19.4 Å². The molecule has 0 aliphatic carbocycles. The third kappa shape index (κ3) is 5.40. The van der Waals surface area contributed by atoms with Crippen LogP contribution >= 0.6 is 0 Å². The van der Waals surface area contributed by atoms with Gasteiger partial charge in [0.1, 0.15) is 12.4 Å². The summed E-state index contributed by atoms with van der Waals surface area (Å²) in [5.74, 6) is -0.670. The summed E-state index contributed by atoms with van der Waals surface area (Å²) in [5.41, 5.74) is 2.44. The molecular formula is C25H28N2O4. The number of carbonyl (C=O) groups is 2. The van der Waals surface area contributed by atoms with Crippen LogP contribution in [0.15, 0.2) is 54.6 Å². The highest BCUT2D eigenvalue weighted by atomic mass is 16.5. The van der Waals surface area contributed by atoms with Gasteiger partial charge < -0.3 is 15.2 Å². The Hall–Kier alpha value is -3.41. The van der Waals surface area contributed by atoms with E-state index in [2.05, 4.69) is 16.4 Å². The van der Waals surface area contributed by atoms with E-state index in [4.69, 9.17) is 4.74 Å². The second kappa shape index (κ2) is 9.60. The molecule has 0 aliphatic rings. The van der Waals surface area contributed by atoms with Crippen molar-refractivity contribution in [3.05, 3.63) is 65.9 Å². The molecule has 0 fully saturated rings. The number of hydrogen-bond donors (Lipinski definition) is 2. The van der Waals surface area contributed by atoms with Gasteiger partial charge in [-0.1, -0.05) is 37.6 Å². The predicted molar refractivity (Wildman–Crippen MR) is 121 cm³/mol. The van der Waals surface area contributed by atoms with Crippen LogP contribution in [0.5, 0.6) is 5.75 Å². The van der Waals surface area contributed by atoms with Gasteiger partial charge in [0.15, 0.2) is 0 Å². The lowest BCUT2D eigenvalue weighted by atomic mass is 9.79. The Bertz CT molecular complexity index is 1090. The maximum atomic E-state index is 12.5. The van der Waals surface area contributed by atoms with Crippen LogP contribution in [0.2, 0.25) is 0 Å². The van der Waals surface area contributed by atoms with Gasteiger partial charge in [-0.15, -0.1) is 0 Å². The molecule has 162 valence electrons. The van der Waals surface area contributed by atoms with E-state index in [1.54, 1.807) is 38.1 Å². The quantitative estimate of drug-likeness (QED) is 0.488. The van der Waals surface area contributed by atoms with Gasteiger partial charge in [-0.2, -0.15) is 0 Å². The van der Waals surface area contributed by atoms with E-state index in [0.29, 0.717) is 30.9 Å². The lowest BCUT2D eigenvalue weighted by molar-refractivity contribution is -0.151. The number of aryl methyl sites for hydroxylation is 1. The van der Waals surface area contributed by atoms with Crippen molar-refractivity contribution >= 4 is 28.5 Å². The molecule has 31 heavy (non-hydrogen) atoms. The first kappa shape index (κ1) is 22.3. The number of pyridine rings is 1. The summed E-state index contributed by atoms with van der Waals surface area (Å²) in [6.45, 7) is 5.94. The Morgan fingerprint density at radius 1 is 1.06 bits per heavy atom. The summed E-state index contributed by atoms with van der Waals surface area (Å²) in [5, 5.41) is 13.4. The van der Waals surface area contributed by atoms with Gasteiger partial charge in [-0.25, -0.2) is 4.98 Å². The maximum Gasteiger partial charge on any atom is 0.310 e. The van der Waals surface area contributed by atoms with Crippen LogP contribution in [-0.4, -0.2) is 22.0 Å². The third-order valence-electron chi connectivity index (χ3n) is 5.71. The van der Waals surface area contributed by atoms with E-state index in [9.17, 15) is 14.7 Å². The van der Waals surface area contributed by atoms with E-state index in [1.807, 2.05) is 31.2 Å². The molecule has 0 saturated carbocycles. The molecule has 0 saturated heterocycles. The fourth-order valence-electron chi connectivity index (χ4n) is 3.58. The van der Waals surface area contributed by atoms with Crippen molar-refractivity contribution in [1.29, 1.82) is 0 Å². The van der Waals surface area contributed by atoms with Crippen molar-refractivity contribution in [3.63, 3.8) is 0 Å². The minimum absolute atomic E-state index is 0.0685. The molecule has 1 heterocycles. The van der Waals surface area contributed by atoms with Crippen LogP contribution in [0.3, 0.4) is 0 Å². The summed E-state index contributed by atoms with van der Waals surface area (Å²) >= 11 is 0. The van der Waals surface area contributed by atoms with E-state index in [0.717, 1.165) is 16.6 Å². The van der Waals surface area contributed by atoms with Crippen molar-refractivity contribution in [2.45, 2.75) is 46.6 Å². The summed E-state index contributed by atoms with van der Waals surface area (Å²) in [6.07, 6.45) is 0.725. The lowest BCUT2D eigenvalue weighted by Crippen LogP contribution is -2.34. The van der Waals surface area contributed by atoms with Gasteiger partial charge in [0.25, 0.3) is 0 Å². The Morgan fingerprint density at radius 3 is 2.55 bits per heavy atom. The van der Waals surface area contributed by atoms with Crippen LogP contribution in [-0.2, 0) is 16.2 Å². The van der Waals surface area contributed by atoms with E-state index < -0.39 is 11.4 Å². The molecular weight excluding hydrogens is 392 g/mol. The number of carbonyl (C=O) groups excluding carboxylic acids is 1. The van der Waals surface area contributed by atoms with Gasteiger partial charge in [-0.05, 0) is 50.1 Å². The number of nitrogens with one attached hydrogen (secondary N) is 1. The van der Waals surface area contributed by atoms with Crippen LogP contribution in [0.1, 0.15) is 44.4 Å². The summed E-state index contributed by atoms with van der Waals surface area (Å²) in [4.78, 5) is 28.7. The number of amides is 1. The van der Waals surface area contributed by atoms with Crippen molar-refractivity contribution in [2.24, 2.45) is 5.41 Å². The van der Waals surface area contributed by atoms with Crippen LogP contribution in [0.25, 0.3) is 10.9 Å². The van der Waals surface area contributed by atoms with Gasteiger partial charge in [0, 0.05) is 23.6 Å². The molecule has 1 aromatic heterocycles. The molecule has 0 radical (unpaired) electrons. The fraction of sp³-hybridized carbons (Fsp3) is 0.320. The minimum atomic E-state index is -1.04. The number of aromatic nitrogens is 1. The first-order valence-electron chi connectivity index (χ1n) is 10.5. The number of anilines is 1. The largest absolute Gasteiger partial charge is 0.487 e. The van der Waals surface area contributed by atoms with Crippen molar-refractivity contribution in [1.82, 2.24) is 4.98 Å². The number of aliphatic carboxylic acids is 1. The van der Waals surface area contributed by atoms with Crippen LogP contribution < -0.4 is 10.1 Å². The normalized spacial score (nSPS) is 11.3. The summed E-state index contributed by atoms with van der Waals surface area (Å²) in [7, 11) is 0. The van der Waals surface area contributed by atoms with Gasteiger partial charge in [0.05, 0.1) is 16.6 Å². The zero-order valence-corrected chi connectivity index (χ0v) is 18.1. The number of fused-ring (bicyclic) bond motifs is 1. The van der Waals surface area contributed by atoms with Crippen LogP contribution in [0.4, 0.5) is 5.69 Å². The Morgan fingerprint density at radius 2 is 1.84 bits per heavy atom. The first-order valence-corrected chi connectivity index (χ1v) is 10.5. The predicted octanol–water partition coefficient (Wildman–Crippen LogP) is 5.34. The molecule has 2 aromatic carbocycles. The molecule has 0 bridgehead atoms. The Kier molecular flexibility index (Phi) is 6.90. The Balaban J connectivity index is 1.64. The molecule has 0 atom stereocenters. The fourth-order valence-corrected chi connectivity index (χ4v) is 3.58. The van der Waals surface area contributed by atoms with Crippen molar-refractivity contribution in [2.75, 3.05) is 5.32 Å². The summed E-state index contributed by atoms with van der Waals surface area (Å²) in [6, 6.07) is 17.1. The number of rotatable bonds is 9. The molecule has 2 N–H and O–H groups in total. The molecule has 0 aliphatic heterocycles. The van der Waals surface area contributed by atoms with E-state index >= 15 is 0 Å². The molecule has 6 heteroatoms. The maximum absolute atomic E-state index is 12.5. The highest BCUT2D eigenvalue weighted by molar-refractivity contribution is 5.94. The molecule has 0 spiro atoms. The van der Waals surface area contributed by atoms with E-state index in [1.165, 1.54) is 5.56 Å². The summed E-state index contributed by atoms with van der Waals surface area (Å²) < 4.78 is 5.86. The number of ether oxygens (including phenoxy) is 1. The van der Waals surface area contributed by atoms with E-state index in [-0.39, 0.29) is 12.3 Å². The topological polar surface area (TPSA) is 88.5 Å². The highest BCUT2D eigenvalue weighted by Gasteiger charge is 2.37. The monoisotopic (exact) mass is 420 g/mol. The molecule has 6 nitrogen and oxygen atoms in total. The molecule has 1 amide bonds. The second-order valence-corrected chi connectivity index (χ2v) is 7.83. The SMILES string of the molecule is CCC(CC)(CC(=O)Nc1cccc(OCc2ccc3cc(C)ccc3n2)c1)C(=O)O. The number of carboxylic acid groups (broad SMARTS) is 1. The molecule has 3 aromatic rings. The number of hydrogen-bond acceptors (Lipinski definition) is 4. The number of benzene rings is 2.